The number of carboxylic acid groups (broad SMARTS) is 1. The molecule has 1 aromatic heterocycles. The number of fused-ring (bicyclic) bond motifs is 1. The van der Waals surface area contributed by atoms with Crippen LogP contribution in [0.5, 0.6) is 0 Å². The van der Waals surface area contributed by atoms with Crippen molar-refractivity contribution in [2.24, 2.45) is 11.3 Å². The summed E-state index contributed by atoms with van der Waals surface area (Å²) in [5.74, 6) is -2.32. The summed E-state index contributed by atoms with van der Waals surface area (Å²) in [6.45, 7) is 5.08. The van der Waals surface area contributed by atoms with E-state index in [0.717, 1.165) is 5.69 Å². The summed E-state index contributed by atoms with van der Waals surface area (Å²) in [7, 11) is -3.16. The SMILES string of the molecule is CCCS(=O)(=O)N1C[C@@H]2COC[C@]2(COCc2ccccn2)C1.O=C(O)C(F)(F)F. The molecule has 170 valence electrons. The molecule has 3 heterocycles. The lowest BCUT2D eigenvalue weighted by Crippen LogP contribution is -2.38. The highest BCUT2D eigenvalue weighted by atomic mass is 32.2. The molecular weight excluding hydrogens is 429 g/mol. The van der Waals surface area contributed by atoms with E-state index in [0.29, 0.717) is 45.9 Å². The van der Waals surface area contributed by atoms with Crippen LogP contribution in [0.4, 0.5) is 13.2 Å². The van der Waals surface area contributed by atoms with Gasteiger partial charge in [-0.2, -0.15) is 13.2 Å². The van der Waals surface area contributed by atoms with Gasteiger partial charge in [-0.15, -0.1) is 0 Å². The second kappa shape index (κ2) is 10.0. The largest absolute Gasteiger partial charge is 0.490 e. The fourth-order valence-electron chi connectivity index (χ4n) is 3.43. The number of nitrogens with zero attached hydrogens (tertiary/aromatic N) is 2. The number of carbonyl (C=O) groups is 1. The third kappa shape index (κ3) is 6.37. The van der Waals surface area contributed by atoms with Crippen molar-refractivity contribution in [3.8, 4) is 0 Å². The summed E-state index contributed by atoms with van der Waals surface area (Å²) in [5, 5.41) is 7.12. The Morgan fingerprint density at radius 1 is 1.43 bits per heavy atom. The van der Waals surface area contributed by atoms with Gasteiger partial charge in [0.2, 0.25) is 10.0 Å². The van der Waals surface area contributed by atoms with Crippen molar-refractivity contribution in [1.82, 2.24) is 9.29 Å². The van der Waals surface area contributed by atoms with E-state index in [1.165, 1.54) is 0 Å². The van der Waals surface area contributed by atoms with E-state index in [4.69, 9.17) is 19.4 Å². The summed E-state index contributed by atoms with van der Waals surface area (Å²) < 4.78 is 69.5. The molecule has 3 rings (SSSR count). The highest BCUT2D eigenvalue weighted by molar-refractivity contribution is 7.89. The van der Waals surface area contributed by atoms with Gasteiger partial charge in [0.05, 0.1) is 37.9 Å². The van der Waals surface area contributed by atoms with Crippen LogP contribution in [0.2, 0.25) is 0 Å². The minimum Gasteiger partial charge on any atom is -0.475 e. The zero-order valence-electron chi connectivity index (χ0n) is 16.5. The quantitative estimate of drug-likeness (QED) is 0.671. The van der Waals surface area contributed by atoms with Crippen molar-refractivity contribution in [3.05, 3.63) is 30.1 Å². The Kier molecular flexibility index (Phi) is 8.20. The number of sulfonamides is 1. The maximum absolute atomic E-state index is 12.3. The third-order valence-corrected chi connectivity index (χ3v) is 6.94. The number of alkyl halides is 3. The lowest BCUT2D eigenvalue weighted by Gasteiger charge is -2.26. The van der Waals surface area contributed by atoms with Gasteiger partial charge in [-0.1, -0.05) is 13.0 Å². The number of aromatic nitrogens is 1. The standard InChI is InChI=1S/C16H24N2O4S.C2HF3O2/c1-2-7-23(19,20)18-8-14-9-21-12-16(14,11-18)13-22-10-15-5-3-4-6-17-15;3-2(4,5)1(6)7/h3-6,14H,2,7-13H2,1H3;(H,6,7)/t14-,16+;/m1./s1. The highest BCUT2D eigenvalue weighted by Crippen LogP contribution is 2.42. The topological polar surface area (TPSA) is 106 Å². The van der Waals surface area contributed by atoms with Crippen molar-refractivity contribution in [1.29, 1.82) is 0 Å². The first kappa shape index (κ1) is 24.5. The molecule has 8 nitrogen and oxygen atoms in total. The van der Waals surface area contributed by atoms with E-state index in [1.807, 2.05) is 25.1 Å². The summed E-state index contributed by atoms with van der Waals surface area (Å²) in [4.78, 5) is 13.1. The molecule has 1 N–H and O–H groups in total. The third-order valence-electron chi connectivity index (χ3n) is 4.95. The molecule has 0 aliphatic carbocycles. The number of pyridine rings is 1. The summed E-state index contributed by atoms with van der Waals surface area (Å²) >= 11 is 0. The van der Waals surface area contributed by atoms with Gasteiger partial charge >= 0.3 is 12.1 Å². The van der Waals surface area contributed by atoms with Crippen molar-refractivity contribution in [2.75, 3.05) is 38.7 Å². The van der Waals surface area contributed by atoms with E-state index in [-0.39, 0.29) is 17.1 Å². The first-order valence-electron chi connectivity index (χ1n) is 9.33. The van der Waals surface area contributed by atoms with E-state index in [2.05, 4.69) is 4.98 Å². The molecule has 30 heavy (non-hydrogen) atoms. The molecule has 2 aliphatic heterocycles. The summed E-state index contributed by atoms with van der Waals surface area (Å²) in [6.07, 6.45) is -2.70. The first-order valence-corrected chi connectivity index (χ1v) is 10.9. The van der Waals surface area contributed by atoms with Gasteiger partial charge in [-0.05, 0) is 18.6 Å². The predicted molar refractivity (Wildman–Crippen MR) is 100.0 cm³/mol. The molecule has 1 aromatic rings. The van der Waals surface area contributed by atoms with Crippen LogP contribution in [0, 0.1) is 11.3 Å². The molecular formula is C18H25F3N2O6S. The van der Waals surface area contributed by atoms with Crippen LogP contribution in [0.25, 0.3) is 0 Å². The van der Waals surface area contributed by atoms with Crippen molar-refractivity contribution < 1.29 is 41.0 Å². The second-order valence-electron chi connectivity index (χ2n) is 7.30. The van der Waals surface area contributed by atoms with Crippen LogP contribution in [-0.2, 0) is 30.9 Å². The predicted octanol–water partition coefficient (Wildman–Crippen LogP) is 1.92. The van der Waals surface area contributed by atoms with E-state index < -0.39 is 22.2 Å². The van der Waals surface area contributed by atoms with E-state index >= 15 is 0 Å². The van der Waals surface area contributed by atoms with Crippen LogP contribution in [0.1, 0.15) is 19.0 Å². The number of aliphatic carboxylic acids is 1. The number of halogens is 3. The molecule has 0 aromatic carbocycles. The number of carboxylic acids is 1. The van der Waals surface area contributed by atoms with Crippen LogP contribution in [0.3, 0.4) is 0 Å². The Balaban J connectivity index is 0.000000396. The molecule has 2 aliphatic rings. The lowest BCUT2D eigenvalue weighted by molar-refractivity contribution is -0.192. The molecule has 2 saturated heterocycles. The van der Waals surface area contributed by atoms with E-state index in [1.54, 1.807) is 10.5 Å². The Morgan fingerprint density at radius 3 is 2.70 bits per heavy atom. The first-order chi connectivity index (χ1) is 14.0. The zero-order valence-corrected chi connectivity index (χ0v) is 17.3. The molecule has 0 saturated carbocycles. The maximum atomic E-state index is 12.3. The monoisotopic (exact) mass is 454 g/mol. The van der Waals surface area contributed by atoms with Crippen LogP contribution in [-0.4, -0.2) is 73.6 Å². The van der Waals surface area contributed by atoms with Crippen molar-refractivity contribution >= 4 is 16.0 Å². The maximum Gasteiger partial charge on any atom is 0.490 e. The van der Waals surface area contributed by atoms with Crippen molar-refractivity contribution in [2.45, 2.75) is 26.1 Å². The Hall–Kier alpha value is -1.76. The van der Waals surface area contributed by atoms with Crippen molar-refractivity contribution in [3.63, 3.8) is 0 Å². The molecule has 2 atom stereocenters. The fraction of sp³-hybridized carbons (Fsp3) is 0.667. The molecule has 0 bridgehead atoms. The van der Waals surface area contributed by atoms with Gasteiger partial charge in [0.25, 0.3) is 0 Å². The number of hydrogen-bond donors (Lipinski definition) is 1. The van der Waals surface area contributed by atoms with Gasteiger partial charge in [-0.25, -0.2) is 17.5 Å². The van der Waals surface area contributed by atoms with Gasteiger partial charge in [0.15, 0.2) is 0 Å². The molecule has 12 heteroatoms. The van der Waals surface area contributed by atoms with Gasteiger partial charge in [-0.3, -0.25) is 4.98 Å². The Labute approximate surface area is 173 Å². The van der Waals surface area contributed by atoms with E-state index in [9.17, 15) is 21.6 Å². The smallest absolute Gasteiger partial charge is 0.475 e. The molecule has 0 unspecified atom stereocenters. The zero-order chi connectivity index (χ0) is 22.4. The summed E-state index contributed by atoms with van der Waals surface area (Å²) in [5.41, 5.74) is 0.670. The minimum absolute atomic E-state index is 0.213. The summed E-state index contributed by atoms with van der Waals surface area (Å²) in [6, 6.07) is 5.73. The number of hydrogen-bond acceptors (Lipinski definition) is 6. The fourth-order valence-corrected chi connectivity index (χ4v) is 5.06. The average Bonchev–Trinajstić information content (AvgIpc) is 3.20. The van der Waals surface area contributed by atoms with Gasteiger partial charge < -0.3 is 14.6 Å². The Bertz CT molecular complexity index is 806. The molecule has 0 radical (unpaired) electrons. The molecule has 0 amide bonds. The molecule has 0 spiro atoms. The molecule has 2 fully saturated rings. The van der Waals surface area contributed by atoms with Gasteiger partial charge in [0, 0.05) is 30.6 Å². The van der Waals surface area contributed by atoms with Gasteiger partial charge in [0.1, 0.15) is 0 Å². The number of rotatable bonds is 7. The lowest BCUT2D eigenvalue weighted by atomic mass is 9.82. The number of ether oxygens (including phenoxy) is 2. The minimum atomic E-state index is -5.08. The second-order valence-corrected chi connectivity index (χ2v) is 9.39. The average molecular weight is 454 g/mol. The van der Waals surface area contributed by atoms with Crippen LogP contribution >= 0.6 is 0 Å². The van der Waals surface area contributed by atoms with Crippen LogP contribution in [0.15, 0.2) is 24.4 Å². The Morgan fingerprint density at radius 2 is 2.13 bits per heavy atom. The van der Waals surface area contributed by atoms with Crippen LogP contribution < -0.4 is 0 Å². The normalized spacial score (nSPS) is 24.2. The highest BCUT2D eigenvalue weighted by Gasteiger charge is 2.53.